The van der Waals surface area contributed by atoms with Gasteiger partial charge in [0.1, 0.15) is 11.8 Å². The van der Waals surface area contributed by atoms with E-state index in [0.29, 0.717) is 6.54 Å². The average molecular weight is 253 g/mol. The van der Waals surface area contributed by atoms with Gasteiger partial charge in [-0.05, 0) is 23.8 Å². The van der Waals surface area contributed by atoms with Crippen LogP contribution in [0.1, 0.15) is 17.2 Å². The Morgan fingerprint density at radius 3 is 2.68 bits per heavy atom. The van der Waals surface area contributed by atoms with Crippen molar-refractivity contribution in [2.75, 3.05) is 7.11 Å². The zero-order valence-electron chi connectivity index (χ0n) is 10.7. The van der Waals surface area contributed by atoms with Crippen LogP contribution in [0.3, 0.4) is 0 Å². The molecule has 1 unspecified atom stereocenters. The maximum Gasteiger partial charge on any atom is 0.123 e. The molecule has 2 rings (SSSR count). The van der Waals surface area contributed by atoms with Gasteiger partial charge in [-0.25, -0.2) is 0 Å². The molecule has 1 aromatic heterocycles. The second-order valence-electron chi connectivity index (χ2n) is 4.04. The second kappa shape index (κ2) is 6.53. The molecule has 1 atom stereocenters. The predicted octanol–water partition coefficient (Wildman–Crippen LogP) is 2.44. The quantitative estimate of drug-likeness (QED) is 0.889. The molecule has 0 radical (unpaired) electrons. The third-order valence-corrected chi connectivity index (χ3v) is 2.86. The van der Waals surface area contributed by atoms with Gasteiger partial charge in [0.05, 0.1) is 13.2 Å². The van der Waals surface area contributed by atoms with E-state index in [0.717, 1.165) is 16.9 Å². The minimum Gasteiger partial charge on any atom is -0.496 e. The SMILES string of the molecule is COc1ccccc1CNC(C#N)c1ccncc1. The van der Waals surface area contributed by atoms with Crippen molar-refractivity contribution < 1.29 is 4.74 Å². The number of hydrogen-bond acceptors (Lipinski definition) is 4. The number of nitrogens with zero attached hydrogens (tertiary/aromatic N) is 2. The molecule has 0 spiro atoms. The molecule has 19 heavy (non-hydrogen) atoms. The van der Waals surface area contributed by atoms with Gasteiger partial charge in [0, 0.05) is 24.5 Å². The van der Waals surface area contributed by atoms with Crippen LogP contribution in [0.25, 0.3) is 0 Å². The van der Waals surface area contributed by atoms with Crippen molar-refractivity contribution in [3.05, 3.63) is 59.9 Å². The highest BCUT2D eigenvalue weighted by molar-refractivity contribution is 5.33. The lowest BCUT2D eigenvalue weighted by Crippen LogP contribution is -2.19. The summed E-state index contributed by atoms with van der Waals surface area (Å²) in [5, 5.41) is 12.4. The number of hydrogen-bond donors (Lipinski definition) is 1. The number of rotatable bonds is 5. The van der Waals surface area contributed by atoms with Gasteiger partial charge in [-0.1, -0.05) is 18.2 Å². The Morgan fingerprint density at radius 1 is 1.26 bits per heavy atom. The highest BCUT2D eigenvalue weighted by atomic mass is 16.5. The van der Waals surface area contributed by atoms with Gasteiger partial charge in [-0.15, -0.1) is 0 Å². The van der Waals surface area contributed by atoms with Crippen LogP contribution in [-0.4, -0.2) is 12.1 Å². The van der Waals surface area contributed by atoms with Crippen molar-refractivity contribution >= 4 is 0 Å². The van der Waals surface area contributed by atoms with Crippen LogP contribution in [0.4, 0.5) is 0 Å². The summed E-state index contributed by atoms with van der Waals surface area (Å²) in [6, 6.07) is 13.3. The normalized spacial score (nSPS) is 11.6. The van der Waals surface area contributed by atoms with E-state index in [-0.39, 0.29) is 6.04 Å². The lowest BCUT2D eigenvalue weighted by atomic mass is 10.1. The highest BCUT2D eigenvalue weighted by Gasteiger charge is 2.10. The molecule has 1 N–H and O–H groups in total. The molecule has 0 aliphatic rings. The maximum atomic E-state index is 9.22. The fraction of sp³-hybridized carbons (Fsp3) is 0.200. The van der Waals surface area contributed by atoms with E-state index in [1.807, 2.05) is 36.4 Å². The lowest BCUT2D eigenvalue weighted by Gasteiger charge is -2.13. The zero-order valence-corrected chi connectivity index (χ0v) is 10.7. The van der Waals surface area contributed by atoms with Crippen LogP contribution in [0.15, 0.2) is 48.8 Å². The summed E-state index contributed by atoms with van der Waals surface area (Å²) in [4.78, 5) is 3.95. The minimum atomic E-state index is -0.354. The molecule has 0 saturated heterocycles. The Kier molecular flexibility index (Phi) is 4.49. The van der Waals surface area contributed by atoms with Crippen molar-refractivity contribution in [1.29, 1.82) is 5.26 Å². The van der Waals surface area contributed by atoms with Crippen molar-refractivity contribution in [3.63, 3.8) is 0 Å². The number of nitriles is 1. The molecule has 96 valence electrons. The Morgan fingerprint density at radius 2 is 2.00 bits per heavy atom. The van der Waals surface area contributed by atoms with E-state index >= 15 is 0 Å². The smallest absolute Gasteiger partial charge is 0.123 e. The van der Waals surface area contributed by atoms with Gasteiger partial charge in [0.2, 0.25) is 0 Å². The number of aromatic nitrogens is 1. The van der Waals surface area contributed by atoms with Gasteiger partial charge in [-0.2, -0.15) is 5.26 Å². The number of para-hydroxylation sites is 1. The highest BCUT2D eigenvalue weighted by Crippen LogP contribution is 2.18. The summed E-state index contributed by atoms with van der Waals surface area (Å²) in [5.74, 6) is 0.821. The van der Waals surface area contributed by atoms with Crippen LogP contribution in [-0.2, 0) is 6.54 Å². The molecule has 0 bridgehead atoms. The summed E-state index contributed by atoms with van der Waals surface area (Å²) in [6.07, 6.45) is 3.37. The molecule has 0 fully saturated rings. The fourth-order valence-corrected chi connectivity index (χ4v) is 1.85. The number of ether oxygens (including phenoxy) is 1. The molecule has 2 aromatic rings. The van der Waals surface area contributed by atoms with Crippen LogP contribution in [0.5, 0.6) is 5.75 Å². The van der Waals surface area contributed by atoms with Crippen LogP contribution in [0, 0.1) is 11.3 Å². The first kappa shape index (κ1) is 13.1. The number of pyridine rings is 1. The van der Waals surface area contributed by atoms with E-state index in [4.69, 9.17) is 4.74 Å². The first-order chi connectivity index (χ1) is 9.35. The molecule has 0 saturated carbocycles. The van der Waals surface area contributed by atoms with E-state index in [9.17, 15) is 5.26 Å². The fourth-order valence-electron chi connectivity index (χ4n) is 1.85. The van der Waals surface area contributed by atoms with E-state index in [2.05, 4.69) is 16.4 Å². The van der Waals surface area contributed by atoms with E-state index < -0.39 is 0 Å². The Labute approximate surface area is 112 Å². The summed E-state index contributed by atoms with van der Waals surface area (Å²) in [6.45, 7) is 0.574. The van der Waals surface area contributed by atoms with Crippen molar-refractivity contribution in [1.82, 2.24) is 10.3 Å². The van der Waals surface area contributed by atoms with E-state index in [1.165, 1.54) is 0 Å². The van der Waals surface area contributed by atoms with Crippen LogP contribution in [0.2, 0.25) is 0 Å². The molecule has 0 amide bonds. The summed E-state index contributed by atoms with van der Waals surface area (Å²) in [7, 11) is 1.64. The van der Waals surface area contributed by atoms with Crippen LogP contribution >= 0.6 is 0 Å². The van der Waals surface area contributed by atoms with Crippen molar-refractivity contribution in [2.45, 2.75) is 12.6 Å². The third kappa shape index (κ3) is 3.30. The lowest BCUT2D eigenvalue weighted by molar-refractivity contribution is 0.407. The summed E-state index contributed by atoms with van der Waals surface area (Å²) in [5.41, 5.74) is 1.94. The summed E-state index contributed by atoms with van der Waals surface area (Å²) >= 11 is 0. The Hall–Kier alpha value is -2.38. The third-order valence-electron chi connectivity index (χ3n) is 2.86. The van der Waals surface area contributed by atoms with Gasteiger partial charge in [0.15, 0.2) is 0 Å². The van der Waals surface area contributed by atoms with Gasteiger partial charge in [-0.3, -0.25) is 10.3 Å². The van der Waals surface area contributed by atoms with Crippen molar-refractivity contribution in [3.8, 4) is 11.8 Å². The van der Waals surface area contributed by atoms with Crippen LogP contribution < -0.4 is 10.1 Å². The molecular formula is C15H15N3O. The Bertz CT molecular complexity index is 563. The zero-order chi connectivity index (χ0) is 13.5. The minimum absolute atomic E-state index is 0.354. The maximum absolute atomic E-state index is 9.22. The molecule has 0 aliphatic heterocycles. The number of benzene rings is 1. The van der Waals surface area contributed by atoms with E-state index in [1.54, 1.807) is 19.5 Å². The topological polar surface area (TPSA) is 57.9 Å². The largest absolute Gasteiger partial charge is 0.496 e. The van der Waals surface area contributed by atoms with Gasteiger partial charge in [0.25, 0.3) is 0 Å². The predicted molar refractivity (Wildman–Crippen MR) is 72.4 cm³/mol. The molecule has 1 aromatic carbocycles. The Balaban J connectivity index is 2.07. The molecule has 4 heteroatoms. The first-order valence-electron chi connectivity index (χ1n) is 6.00. The van der Waals surface area contributed by atoms with Gasteiger partial charge >= 0.3 is 0 Å². The second-order valence-corrected chi connectivity index (χ2v) is 4.04. The monoisotopic (exact) mass is 253 g/mol. The number of methoxy groups -OCH3 is 1. The van der Waals surface area contributed by atoms with Gasteiger partial charge < -0.3 is 4.74 Å². The molecular weight excluding hydrogens is 238 g/mol. The standard InChI is InChI=1S/C15H15N3O/c1-19-15-5-3-2-4-13(15)11-18-14(10-16)12-6-8-17-9-7-12/h2-9,14,18H,11H2,1H3. The first-order valence-corrected chi connectivity index (χ1v) is 6.00. The molecule has 4 nitrogen and oxygen atoms in total. The van der Waals surface area contributed by atoms with Crippen molar-refractivity contribution in [2.24, 2.45) is 0 Å². The average Bonchev–Trinajstić information content (AvgIpc) is 2.49. The summed E-state index contributed by atoms with van der Waals surface area (Å²) < 4.78 is 5.28. The number of nitrogens with one attached hydrogen (secondary N) is 1. The molecule has 0 aliphatic carbocycles. The molecule has 1 heterocycles.